The van der Waals surface area contributed by atoms with Gasteiger partial charge in [-0.15, -0.1) is 0 Å². The molecule has 0 radical (unpaired) electrons. The van der Waals surface area contributed by atoms with Crippen LogP contribution < -0.4 is 0 Å². The van der Waals surface area contributed by atoms with E-state index in [0.29, 0.717) is 12.5 Å². The molecule has 4 heterocycles. The standard InChI is InChI=1S/C40H46N6O4/c1-39(2,3)49-37(47)45-21-7-8-33(45)35-41-23-31(43-35)27-15-11-25(12-16-27)9-10-26-13-17-28(18-14-26)32-24-42-36(44-32)34-29-19-20-30(22-29)46(34)38(48)50-40(4,5)6/h11-18,23-24,29-30,33-34H,7-8,19-22H2,1-6H3,(H,41,43)(H,42,44)/t29-,30-,33+,34+/m0/s1. The van der Waals surface area contributed by atoms with Crippen molar-refractivity contribution in [1.29, 1.82) is 0 Å². The second-order valence-electron chi connectivity index (χ2n) is 15.7. The Balaban J connectivity index is 0.990. The largest absolute Gasteiger partial charge is 0.444 e. The minimum Gasteiger partial charge on any atom is -0.444 e. The molecule has 2 aliphatic heterocycles. The zero-order chi connectivity index (χ0) is 35.2. The lowest BCUT2D eigenvalue weighted by atomic mass is 9.98. The summed E-state index contributed by atoms with van der Waals surface area (Å²) in [5.74, 6) is 8.53. The number of amides is 2. The summed E-state index contributed by atoms with van der Waals surface area (Å²) in [4.78, 5) is 45.9. The highest BCUT2D eigenvalue weighted by Gasteiger charge is 2.51. The fraction of sp³-hybridized carbons (Fsp3) is 0.450. The average molecular weight is 675 g/mol. The molecule has 7 rings (SSSR count). The summed E-state index contributed by atoms with van der Waals surface area (Å²) in [6, 6.07) is 16.2. The predicted octanol–water partition coefficient (Wildman–Crippen LogP) is 8.40. The van der Waals surface area contributed by atoms with Crippen LogP contribution in [0.2, 0.25) is 0 Å². The van der Waals surface area contributed by atoms with Gasteiger partial charge in [-0.25, -0.2) is 19.6 Å². The van der Waals surface area contributed by atoms with Crippen LogP contribution in [0.3, 0.4) is 0 Å². The van der Waals surface area contributed by atoms with Gasteiger partial charge in [0.2, 0.25) is 0 Å². The summed E-state index contributed by atoms with van der Waals surface area (Å²) in [6.07, 6.45) is 7.99. The van der Waals surface area contributed by atoms with Crippen molar-refractivity contribution >= 4 is 12.2 Å². The van der Waals surface area contributed by atoms with Crippen molar-refractivity contribution in [1.82, 2.24) is 29.7 Å². The molecule has 0 spiro atoms. The van der Waals surface area contributed by atoms with Crippen molar-refractivity contribution in [3.8, 4) is 34.4 Å². The lowest BCUT2D eigenvalue weighted by Crippen LogP contribution is -2.43. The fourth-order valence-corrected chi connectivity index (χ4v) is 7.40. The third-order valence-corrected chi connectivity index (χ3v) is 9.60. The maximum Gasteiger partial charge on any atom is 0.411 e. The van der Waals surface area contributed by atoms with Gasteiger partial charge in [-0.05, 0) is 115 Å². The number of hydrogen-bond acceptors (Lipinski definition) is 6. The number of aromatic nitrogens is 4. The van der Waals surface area contributed by atoms with Gasteiger partial charge in [0.05, 0.1) is 35.9 Å². The second kappa shape index (κ2) is 13.0. The van der Waals surface area contributed by atoms with Crippen molar-refractivity contribution in [3.05, 3.63) is 83.7 Å². The number of likely N-dealkylation sites (tertiary alicyclic amines) is 2. The summed E-state index contributed by atoms with van der Waals surface area (Å²) in [7, 11) is 0. The Kier molecular flexibility index (Phi) is 8.71. The topological polar surface area (TPSA) is 116 Å². The highest BCUT2D eigenvalue weighted by Crippen LogP contribution is 2.50. The Morgan fingerprint density at radius 1 is 0.740 bits per heavy atom. The number of piperidine rings is 1. The van der Waals surface area contributed by atoms with Gasteiger partial charge in [-0.1, -0.05) is 36.1 Å². The van der Waals surface area contributed by atoms with E-state index in [2.05, 4.69) is 26.8 Å². The molecular weight excluding hydrogens is 628 g/mol. The number of H-pyrrole nitrogens is 2. The minimum atomic E-state index is -0.541. The van der Waals surface area contributed by atoms with Gasteiger partial charge in [-0.2, -0.15) is 0 Å². The van der Waals surface area contributed by atoms with E-state index in [1.54, 1.807) is 4.90 Å². The summed E-state index contributed by atoms with van der Waals surface area (Å²) in [5.41, 5.74) is 4.55. The molecule has 0 unspecified atom stereocenters. The maximum absolute atomic E-state index is 13.1. The first-order valence-corrected chi connectivity index (χ1v) is 17.6. The first kappa shape index (κ1) is 33.5. The summed E-state index contributed by atoms with van der Waals surface area (Å²) in [6.45, 7) is 12.0. The molecule has 2 aromatic heterocycles. The zero-order valence-electron chi connectivity index (χ0n) is 29.7. The summed E-state index contributed by atoms with van der Waals surface area (Å²) < 4.78 is 11.4. The lowest BCUT2D eigenvalue weighted by molar-refractivity contribution is 0.00613. The van der Waals surface area contributed by atoms with E-state index in [-0.39, 0.29) is 30.3 Å². The van der Waals surface area contributed by atoms with Crippen LogP contribution in [-0.4, -0.2) is 65.7 Å². The van der Waals surface area contributed by atoms with Crippen LogP contribution in [0.25, 0.3) is 22.5 Å². The average Bonchev–Trinajstić information content (AvgIpc) is 3.90. The molecule has 4 atom stereocenters. The molecule has 2 amide bonds. The molecule has 10 nitrogen and oxygen atoms in total. The smallest absolute Gasteiger partial charge is 0.411 e. The van der Waals surface area contributed by atoms with Gasteiger partial charge in [-0.3, -0.25) is 9.80 Å². The Labute approximate surface area is 294 Å². The molecule has 2 aromatic carbocycles. The third kappa shape index (κ3) is 7.14. The van der Waals surface area contributed by atoms with E-state index in [1.807, 2.05) is 107 Å². The van der Waals surface area contributed by atoms with E-state index >= 15 is 0 Å². The molecule has 50 heavy (non-hydrogen) atoms. The normalized spacial score (nSPS) is 21.6. The summed E-state index contributed by atoms with van der Waals surface area (Å²) >= 11 is 0. The van der Waals surface area contributed by atoms with Gasteiger partial charge in [0.25, 0.3) is 0 Å². The van der Waals surface area contributed by atoms with Crippen LogP contribution in [0.5, 0.6) is 0 Å². The Hall–Kier alpha value is -5.04. The van der Waals surface area contributed by atoms with Crippen LogP contribution in [-0.2, 0) is 9.47 Å². The summed E-state index contributed by atoms with van der Waals surface area (Å²) in [5, 5.41) is 0. The van der Waals surface area contributed by atoms with E-state index in [0.717, 1.165) is 77.4 Å². The number of nitrogens with one attached hydrogen (secondary N) is 2. The van der Waals surface area contributed by atoms with E-state index < -0.39 is 11.2 Å². The Morgan fingerprint density at radius 3 is 1.86 bits per heavy atom. The fourth-order valence-electron chi connectivity index (χ4n) is 7.40. The van der Waals surface area contributed by atoms with Gasteiger partial charge in [0.1, 0.15) is 22.9 Å². The van der Waals surface area contributed by atoms with E-state index in [9.17, 15) is 9.59 Å². The van der Waals surface area contributed by atoms with Crippen molar-refractivity contribution in [2.75, 3.05) is 6.54 Å². The van der Waals surface area contributed by atoms with Crippen molar-refractivity contribution in [2.24, 2.45) is 5.92 Å². The predicted molar refractivity (Wildman–Crippen MR) is 191 cm³/mol. The highest BCUT2D eigenvalue weighted by molar-refractivity contribution is 5.71. The van der Waals surface area contributed by atoms with Crippen LogP contribution in [0.1, 0.15) is 109 Å². The zero-order valence-corrected chi connectivity index (χ0v) is 29.7. The monoisotopic (exact) mass is 674 g/mol. The first-order chi connectivity index (χ1) is 23.8. The van der Waals surface area contributed by atoms with Gasteiger partial charge < -0.3 is 19.4 Å². The maximum atomic E-state index is 13.1. The third-order valence-electron chi connectivity index (χ3n) is 9.60. The SMILES string of the molecule is CC(C)(C)OC(=O)N1CCC[C@@H]1c1ncc(-c2ccc(C#Cc3ccc(-c4cnc([C@H]5[C@H]6CC[C@@H](C6)N5C(=O)OC(C)(C)C)[nH]4)cc3)cc2)[nH]1. The van der Waals surface area contributed by atoms with Crippen LogP contribution in [0.15, 0.2) is 60.9 Å². The van der Waals surface area contributed by atoms with Crippen molar-refractivity contribution < 1.29 is 19.1 Å². The van der Waals surface area contributed by atoms with E-state index in [1.165, 1.54) is 0 Å². The van der Waals surface area contributed by atoms with Gasteiger partial charge in [0, 0.05) is 23.7 Å². The molecule has 10 heteroatoms. The number of fused-ring (bicyclic) bond motifs is 2. The molecule has 1 saturated carbocycles. The quantitative estimate of drug-likeness (QED) is 0.210. The van der Waals surface area contributed by atoms with Crippen LogP contribution in [0.4, 0.5) is 9.59 Å². The number of ether oxygens (including phenoxy) is 2. The number of nitrogens with zero attached hydrogens (tertiary/aromatic N) is 4. The molecule has 4 aromatic rings. The number of carbonyl (C=O) groups excluding carboxylic acids is 2. The minimum absolute atomic E-state index is 0.0917. The second-order valence-corrected chi connectivity index (χ2v) is 15.7. The Morgan fingerprint density at radius 2 is 1.28 bits per heavy atom. The Bertz CT molecular complexity index is 1920. The number of imidazole rings is 2. The van der Waals surface area contributed by atoms with Crippen molar-refractivity contribution in [3.63, 3.8) is 0 Å². The number of hydrogen-bond donors (Lipinski definition) is 2. The number of carbonyl (C=O) groups is 2. The van der Waals surface area contributed by atoms with Crippen LogP contribution in [0, 0.1) is 17.8 Å². The molecule has 2 N–H and O–H groups in total. The van der Waals surface area contributed by atoms with Gasteiger partial charge >= 0.3 is 12.2 Å². The molecule has 3 aliphatic rings. The molecule has 2 saturated heterocycles. The van der Waals surface area contributed by atoms with Crippen molar-refractivity contribution in [2.45, 2.75) is 103 Å². The first-order valence-electron chi connectivity index (χ1n) is 17.6. The lowest BCUT2D eigenvalue weighted by Gasteiger charge is -2.35. The molecule has 3 fully saturated rings. The van der Waals surface area contributed by atoms with Crippen LogP contribution >= 0.6 is 0 Å². The number of rotatable bonds is 4. The molecular formula is C40H46N6O4. The van der Waals surface area contributed by atoms with Gasteiger partial charge in [0.15, 0.2) is 0 Å². The molecule has 1 aliphatic carbocycles. The number of benzene rings is 2. The molecule has 260 valence electrons. The number of aromatic amines is 2. The van der Waals surface area contributed by atoms with E-state index in [4.69, 9.17) is 14.5 Å². The highest BCUT2D eigenvalue weighted by atomic mass is 16.6. The molecule has 2 bridgehead atoms.